The molecule has 2 aromatic heterocycles. The van der Waals surface area contributed by atoms with Gasteiger partial charge in [-0.2, -0.15) is 0 Å². The first-order chi connectivity index (χ1) is 31.7. The standard InChI is InChI=1S/C61H46N4/c1-60(2)51-17-9-8-16-47(51)49-37-54-50(38-53(49)60)48-35-34-46(36-52(48)61(54,3)4)63(43-28-22-40(23-29-43)39-14-6-5-7-15-39)44-30-24-41(25-31-44)42-26-32-45(33-27-42)64-57-20-12-13-21-58(57)65-56-19-11-10-18-55(56)62-59(64)65/h5-38H,1-4H3. The molecule has 0 saturated heterocycles. The van der Waals surface area contributed by atoms with E-state index in [1.807, 2.05) is 0 Å². The summed E-state index contributed by atoms with van der Waals surface area (Å²) in [5, 5.41) is 0. The maximum Gasteiger partial charge on any atom is 0.220 e. The Hall–Kier alpha value is -7.95. The SMILES string of the molecule is CC1(C)c2ccccc2-c2cc3c(cc21)-c1ccc(N(c2ccc(-c4ccccc4)cc2)c2ccc(-c4ccc(-n5c6ccccc6n6c7ccccc7nc56)cc4)cc2)cc1C3(C)C. The molecule has 0 amide bonds. The molecule has 0 N–H and O–H groups in total. The molecule has 2 heterocycles. The van der Waals surface area contributed by atoms with Gasteiger partial charge in [-0.25, -0.2) is 4.98 Å². The average molecular weight is 835 g/mol. The van der Waals surface area contributed by atoms with E-state index in [1.165, 1.54) is 55.6 Å². The molecule has 65 heavy (non-hydrogen) atoms. The molecule has 13 rings (SSSR count). The van der Waals surface area contributed by atoms with Gasteiger partial charge < -0.3 is 4.90 Å². The molecule has 0 radical (unpaired) electrons. The molecule has 0 spiro atoms. The Morgan fingerprint density at radius 1 is 0.369 bits per heavy atom. The van der Waals surface area contributed by atoms with Crippen molar-refractivity contribution < 1.29 is 0 Å². The van der Waals surface area contributed by atoms with E-state index in [4.69, 9.17) is 4.98 Å². The zero-order chi connectivity index (χ0) is 43.6. The van der Waals surface area contributed by atoms with E-state index in [9.17, 15) is 0 Å². The first-order valence-corrected chi connectivity index (χ1v) is 22.7. The number of imidazole rings is 2. The van der Waals surface area contributed by atoms with E-state index in [0.717, 1.165) is 61.7 Å². The van der Waals surface area contributed by atoms with Crippen molar-refractivity contribution >= 4 is 44.9 Å². The number of nitrogens with zero attached hydrogens (tertiary/aromatic N) is 4. The lowest BCUT2D eigenvalue weighted by atomic mass is 9.79. The molecule has 0 unspecified atom stereocenters. The summed E-state index contributed by atoms with van der Waals surface area (Å²) in [4.78, 5) is 7.50. The normalized spacial score (nSPS) is 14.1. The second-order valence-electron chi connectivity index (χ2n) is 18.9. The quantitative estimate of drug-likeness (QED) is 0.167. The number of hydrogen-bond acceptors (Lipinski definition) is 2. The van der Waals surface area contributed by atoms with Crippen LogP contribution >= 0.6 is 0 Å². The summed E-state index contributed by atoms with van der Waals surface area (Å²) in [5.74, 6) is 0.915. The summed E-state index contributed by atoms with van der Waals surface area (Å²) in [6.45, 7) is 9.55. The highest BCUT2D eigenvalue weighted by atomic mass is 15.2. The Balaban J connectivity index is 0.881. The average Bonchev–Trinajstić information content (AvgIpc) is 4.02. The first-order valence-electron chi connectivity index (χ1n) is 22.7. The lowest BCUT2D eigenvalue weighted by Gasteiger charge is -2.28. The molecular formula is C61H46N4. The van der Waals surface area contributed by atoms with Crippen molar-refractivity contribution in [1.82, 2.24) is 14.0 Å². The van der Waals surface area contributed by atoms with Crippen LogP contribution < -0.4 is 4.90 Å². The molecule has 0 saturated carbocycles. The van der Waals surface area contributed by atoms with Gasteiger partial charge in [0.05, 0.1) is 22.1 Å². The smallest absolute Gasteiger partial charge is 0.220 e. The molecule has 0 aliphatic heterocycles. The van der Waals surface area contributed by atoms with Gasteiger partial charge in [-0.1, -0.05) is 149 Å². The Morgan fingerprint density at radius 3 is 1.51 bits per heavy atom. The van der Waals surface area contributed by atoms with Crippen molar-refractivity contribution in [3.05, 3.63) is 229 Å². The van der Waals surface area contributed by atoms with Gasteiger partial charge in [0, 0.05) is 33.6 Å². The van der Waals surface area contributed by atoms with Gasteiger partial charge in [-0.15, -0.1) is 0 Å². The van der Waals surface area contributed by atoms with Crippen LogP contribution in [-0.4, -0.2) is 14.0 Å². The van der Waals surface area contributed by atoms with Crippen LogP contribution in [0.3, 0.4) is 0 Å². The Kier molecular flexibility index (Phi) is 7.97. The van der Waals surface area contributed by atoms with Gasteiger partial charge in [0.25, 0.3) is 0 Å². The second kappa shape index (κ2) is 13.8. The predicted octanol–water partition coefficient (Wildman–Crippen LogP) is 15.8. The summed E-state index contributed by atoms with van der Waals surface area (Å²) in [5.41, 5.74) is 24.4. The van der Waals surface area contributed by atoms with Crippen molar-refractivity contribution in [2.75, 3.05) is 4.90 Å². The molecule has 0 fully saturated rings. The first kappa shape index (κ1) is 37.6. The summed E-state index contributed by atoms with van der Waals surface area (Å²) in [6, 6.07) is 75.6. The van der Waals surface area contributed by atoms with E-state index >= 15 is 0 Å². The Bertz CT molecular complexity index is 3680. The van der Waals surface area contributed by atoms with Crippen LogP contribution in [0.4, 0.5) is 17.1 Å². The highest BCUT2D eigenvalue weighted by Gasteiger charge is 2.41. The fraction of sp³-hybridized carbons (Fsp3) is 0.0984. The molecule has 4 nitrogen and oxygen atoms in total. The second-order valence-corrected chi connectivity index (χ2v) is 18.9. The topological polar surface area (TPSA) is 25.5 Å². The highest BCUT2D eigenvalue weighted by molar-refractivity contribution is 5.93. The number of fused-ring (bicyclic) bond motifs is 11. The Morgan fingerprint density at radius 2 is 0.846 bits per heavy atom. The van der Waals surface area contributed by atoms with Crippen LogP contribution in [0.5, 0.6) is 0 Å². The Labute approximate surface area is 379 Å². The van der Waals surface area contributed by atoms with Gasteiger partial charge in [0.1, 0.15) is 0 Å². The van der Waals surface area contributed by atoms with Crippen molar-refractivity contribution in [3.8, 4) is 50.2 Å². The van der Waals surface area contributed by atoms with Gasteiger partial charge in [-0.05, 0) is 152 Å². The van der Waals surface area contributed by atoms with E-state index in [2.05, 4.69) is 248 Å². The van der Waals surface area contributed by atoms with Crippen molar-refractivity contribution in [2.45, 2.75) is 38.5 Å². The number of para-hydroxylation sites is 4. The monoisotopic (exact) mass is 834 g/mol. The molecule has 11 aromatic rings. The fourth-order valence-corrected chi connectivity index (χ4v) is 11.1. The minimum absolute atomic E-state index is 0.0508. The van der Waals surface area contributed by atoms with Gasteiger partial charge in [0.2, 0.25) is 5.78 Å². The maximum absolute atomic E-state index is 5.09. The fourth-order valence-electron chi connectivity index (χ4n) is 11.1. The van der Waals surface area contributed by atoms with Crippen LogP contribution in [0.15, 0.2) is 206 Å². The zero-order valence-electron chi connectivity index (χ0n) is 36.9. The third-order valence-corrected chi connectivity index (χ3v) is 14.5. The van der Waals surface area contributed by atoms with Crippen LogP contribution in [-0.2, 0) is 10.8 Å². The summed E-state index contributed by atoms with van der Waals surface area (Å²) in [7, 11) is 0. The van der Waals surface area contributed by atoms with Crippen molar-refractivity contribution in [1.29, 1.82) is 0 Å². The minimum atomic E-state index is -0.181. The predicted molar refractivity (Wildman–Crippen MR) is 270 cm³/mol. The van der Waals surface area contributed by atoms with E-state index in [0.29, 0.717) is 0 Å². The summed E-state index contributed by atoms with van der Waals surface area (Å²) < 4.78 is 4.54. The summed E-state index contributed by atoms with van der Waals surface area (Å²) >= 11 is 0. The van der Waals surface area contributed by atoms with Crippen LogP contribution in [0.1, 0.15) is 49.9 Å². The number of anilines is 3. The zero-order valence-corrected chi connectivity index (χ0v) is 36.9. The molecular weight excluding hydrogens is 789 g/mol. The van der Waals surface area contributed by atoms with Crippen LogP contribution in [0.25, 0.3) is 78.0 Å². The van der Waals surface area contributed by atoms with Gasteiger partial charge >= 0.3 is 0 Å². The lowest BCUT2D eigenvalue weighted by Crippen LogP contribution is -2.17. The van der Waals surface area contributed by atoms with E-state index in [1.54, 1.807) is 0 Å². The molecule has 0 bridgehead atoms. The highest BCUT2D eigenvalue weighted by Crippen LogP contribution is 2.57. The van der Waals surface area contributed by atoms with Crippen LogP contribution in [0, 0.1) is 0 Å². The molecule has 2 aliphatic rings. The number of rotatable bonds is 6. The largest absolute Gasteiger partial charge is 0.310 e. The maximum atomic E-state index is 5.09. The van der Waals surface area contributed by atoms with Crippen molar-refractivity contribution in [2.24, 2.45) is 0 Å². The summed E-state index contributed by atoms with van der Waals surface area (Å²) in [6.07, 6.45) is 0. The van der Waals surface area contributed by atoms with E-state index < -0.39 is 0 Å². The lowest BCUT2D eigenvalue weighted by molar-refractivity contribution is 0.652. The molecule has 9 aromatic carbocycles. The third-order valence-electron chi connectivity index (χ3n) is 14.5. The van der Waals surface area contributed by atoms with Gasteiger partial charge in [0.15, 0.2) is 0 Å². The minimum Gasteiger partial charge on any atom is -0.310 e. The number of aromatic nitrogens is 3. The molecule has 310 valence electrons. The van der Waals surface area contributed by atoms with E-state index in [-0.39, 0.29) is 10.8 Å². The molecule has 2 aliphatic carbocycles. The van der Waals surface area contributed by atoms with Crippen LogP contribution in [0.2, 0.25) is 0 Å². The third kappa shape index (κ3) is 5.53. The number of hydrogen-bond donors (Lipinski definition) is 0. The molecule has 0 atom stereocenters. The van der Waals surface area contributed by atoms with Crippen molar-refractivity contribution in [3.63, 3.8) is 0 Å². The van der Waals surface area contributed by atoms with Gasteiger partial charge in [-0.3, -0.25) is 8.97 Å². The molecule has 4 heteroatoms. The number of benzene rings is 9.